The van der Waals surface area contributed by atoms with E-state index in [4.69, 9.17) is 9.15 Å². The van der Waals surface area contributed by atoms with Crippen LogP contribution in [0.4, 0.5) is 18.9 Å². The molecule has 1 aromatic heterocycles. The number of likely N-dealkylation sites (tertiary alicyclic amines) is 1. The predicted molar refractivity (Wildman–Crippen MR) is 119 cm³/mol. The molecule has 186 valence electrons. The van der Waals surface area contributed by atoms with E-state index in [1.165, 1.54) is 31.4 Å². The van der Waals surface area contributed by atoms with E-state index in [1.54, 1.807) is 4.90 Å². The first kappa shape index (κ1) is 24.2. The molecular weight excluding hydrogens is 471 g/mol. The average molecular weight is 493 g/mol. The highest BCUT2D eigenvalue weighted by atomic mass is 19.4. The number of oxazole rings is 1. The molecule has 3 aromatic rings. The molecule has 1 aliphatic rings. The molecule has 0 bridgehead atoms. The van der Waals surface area contributed by atoms with Gasteiger partial charge in [-0.25, -0.2) is 4.79 Å². The third-order valence-electron chi connectivity index (χ3n) is 5.58. The quantitative estimate of drug-likeness (QED) is 0.561. The molecule has 0 atom stereocenters. The molecule has 0 saturated carbocycles. The Hall–Kier alpha value is -3.96. The number of carbonyl (C=O) groups excluding carboxylic acids is 2. The second kappa shape index (κ2) is 9.72. The fraction of sp³-hybridized carbons (Fsp3) is 0.348. The number of methoxy groups -OCH3 is 1. The Morgan fingerprint density at radius 2 is 1.83 bits per heavy atom. The highest BCUT2D eigenvalue weighted by Gasteiger charge is 2.33. The van der Waals surface area contributed by atoms with Crippen LogP contribution in [0.3, 0.4) is 0 Å². The fourth-order valence-electron chi connectivity index (χ4n) is 3.89. The van der Waals surface area contributed by atoms with Crippen LogP contribution in [0.2, 0.25) is 0 Å². The lowest BCUT2D eigenvalue weighted by Gasteiger charge is -2.26. The van der Waals surface area contributed by atoms with E-state index >= 15 is 0 Å². The number of alkyl halides is 3. The van der Waals surface area contributed by atoms with Crippen LogP contribution in [0.25, 0.3) is 11.1 Å². The molecule has 0 aliphatic carbocycles. The Morgan fingerprint density at radius 3 is 2.51 bits per heavy atom. The predicted octanol–water partition coefficient (Wildman–Crippen LogP) is 3.77. The van der Waals surface area contributed by atoms with E-state index in [0.29, 0.717) is 13.1 Å². The van der Waals surface area contributed by atoms with Gasteiger partial charge >= 0.3 is 12.1 Å². The highest BCUT2D eigenvalue weighted by molar-refractivity contribution is 6.07. The molecule has 0 unspecified atom stereocenters. The number of nitrogens with zero attached hydrogens (tertiary/aromatic N) is 2. The van der Waals surface area contributed by atoms with Crippen molar-refractivity contribution < 1.29 is 36.7 Å². The van der Waals surface area contributed by atoms with E-state index in [0.717, 1.165) is 36.0 Å². The molecule has 1 fully saturated rings. The lowest BCUT2D eigenvalue weighted by Crippen LogP contribution is -2.39. The molecule has 2 heterocycles. The van der Waals surface area contributed by atoms with Crippen LogP contribution >= 0.6 is 0 Å². The van der Waals surface area contributed by atoms with Gasteiger partial charge in [0, 0.05) is 18.8 Å². The maximum Gasteiger partial charge on any atom is 0.573 e. The van der Waals surface area contributed by atoms with Gasteiger partial charge in [0.1, 0.15) is 18.0 Å². The number of halogens is 3. The zero-order valence-corrected chi connectivity index (χ0v) is 18.7. The minimum absolute atomic E-state index is 0.153. The van der Waals surface area contributed by atoms with Crippen molar-refractivity contribution in [3.05, 3.63) is 52.5 Å². The number of ether oxygens (including phenoxy) is 2. The van der Waals surface area contributed by atoms with E-state index in [-0.39, 0.29) is 35.0 Å². The first-order valence-electron chi connectivity index (χ1n) is 10.8. The number of fused-ring (bicyclic) bond motifs is 1. The van der Waals surface area contributed by atoms with E-state index < -0.39 is 29.3 Å². The molecule has 4 rings (SSSR count). The van der Waals surface area contributed by atoms with Gasteiger partial charge in [-0.1, -0.05) is 0 Å². The Labute approximate surface area is 197 Å². The van der Waals surface area contributed by atoms with Crippen LogP contribution in [0, 0.1) is 0 Å². The number of aromatic nitrogens is 1. The third-order valence-corrected chi connectivity index (χ3v) is 5.58. The van der Waals surface area contributed by atoms with Gasteiger partial charge < -0.3 is 24.1 Å². The average Bonchev–Trinajstić information content (AvgIpc) is 3.13. The summed E-state index contributed by atoms with van der Waals surface area (Å²) < 4.78 is 53.7. The van der Waals surface area contributed by atoms with Gasteiger partial charge in [0.05, 0.1) is 18.2 Å². The van der Waals surface area contributed by atoms with Crippen molar-refractivity contribution >= 4 is 28.6 Å². The lowest BCUT2D eigenvalue weighted by atomic mass is 10.1. The molecule has 12 heteroatoms. The van der Waals surface area contributed by atoms with Gasteiger partial charge in [-0.2, -0.15) is 0 Å². The van der Waals surface area contributed by atoms with Gasteiger partial charge in [0.25, 0.3) is 5.91 Å². The van der Waals surface area contributed by atoms with Crippen molar-refractivity contribution in [1.82, 2.24) is 9.47 Å². The van der Waals surface area contributed by atoms with Crippen molar-refractivity contribution in [3.63, 3.8) is 0 Å². The van der Waals surface area contributed by atoms with Crippen molar-refractivity contribution in [2.45, 2.75) is 32.2 Å². The Morgan fingerprint density at radius 1 is 1.09 bits per heavy atom. The van der Waals surface area contributed by atoms with Gasteiger partial charge in [-0.05, 0) is 55.7 Å². The first-order chi connectivity index (χ1) is 16.6. The summed E-state index contributed by atoms with van der Waals surface area (Å²) in [6, 6.07) is 7.57. The highest BCUT2D eigenvalue weighted by Crippen LogP contribution is 2.30. The van der Waals surface area contributed by atoms with Gasteiger partial charge in [-0.15, -0.1) is 13.2 Å². The summed E-state index contributed by atoms with van der Waals surface area (Å²) in [5.41, 5.74) is 0.215. The number of amides is 2. The number of rotatable bonds is 6. The number of carbonyl (C=O) groups is 2. The molecule has 2 amide bonds. The number of anilines is 1. The summed E-state index contributed by atoms with van der Waals surface area (Å²) in [5.74, 6) is -2.41. The lowest BCUT2D eigenvalue weighted by molar-refractivity contribution is -0.274. The largest absolute Gasteiger partial charge is 0.573 e. The minimum atomic E-state index is -5.00. The molecule has 1 aliphatic heterocycles. The minimum Gasteiger partial charge on any atom is -0.497 e. The molecule has 1 saturated heterocycles. The van der Waals surface area contributed by atoms with Crippen molar-refractivity contribution in [1.29, 1.82) is 0 Å². The van der Waals surface area contributed by atoms with Crippen LogP contribution in [0.15, 0.2) is 45.6 Å². The number of piperidine rings is 1. The molecule has 2 aromatic carbocycles. The van der Waals surface area contributed by atoms with Crippen LogP contribution in [-0.4, -0.2) is 47.8 Å². The molecule has 35 heavy (non-hydrogen) atoms. The molecule has 0 spiro atoms. The van der Waals surface area contributed by atoms with E-state index in [1.807, 2.05) is 0 Å². The number of benzene rings is 2. The maximum atomic E-state index is 12.8. The van der Waals surface area contributed by atoms with Crippen LogP contribution in [0.1, 0.15) is 29.6 Å². The smallest absolute Gasteiger partial charge is 0.497 e. The molecular formula is C23H22F3N3O6. The Bertz CT molecular complexity index is 1310. The van der Waals surface area contributed by atoms with E-state index in [9.17, 15) is 27.6 Å². The molecule has 9 nitrogen and oxygen atoms in total. The second-order valence-electron chi connectivity index (χ2n) is 7.94. The summed E-state index contributed by atoms with van der Waals surface area (Å²) in [5, 5.41) is 2.49. The Kier molecular flexibility index (Phi) is 6.72. The number of nitrogens with one attached hydrogen (secondary N) is 1. The Balaban J connectivity index is 1.60. The third kappa shape index (κ3) is 5.58. The summed E-state index contributed by atoms with van der Waals surface area (Å²) in [6.07, 6.45) is -2.17. The standard InChI is InChI=1S/C23H22F3N3O6/c1-33-15-6-8-18(35-23(24,25)26)16(12-15)21(31)27-14-5-7-19-17(11-14)29(22(32)34-19)13-20(30)28-9-3-2-4-10-28/h5-8,11-12H,2-4,9-10,13H2,1H3,(H,27,31). The topological polar surface area (TPSA) is 103 Å². The van der Waals surface area contributed by atoms with Crippen molar-refractivity contribution in [2.24, 2.45) is 0 Å². The first-order valence-corrected chi connectivity index (χ1v) is 10.8. The summed E-state index contributed by atoms with van der Waals surface area (Å²) in [6.45, 7) is 1.00. The zero-order chi connectivity index (χ0) is 25.2. The number of hydrogen-bond acceptors (Lipinski definition) is 6. The van der Waals surface area contributed by atoms with Gasteiger partial charge in [0.15, 0.2) is 5.58 Å². The SMILES string of the molecule is COc1ccc(OC(F)(F)F)c(C(=O)Nc2ccc3oc(=O)n(CC(=O)N4CCCCC4)c3c2)c1. The summed E-state index contributed by atoms with van der Waals surface area (Å²) in [4.78, 5) is 39.5. The zero-order valence-electron chi connectivity index (χ0n) is 18.7. The van der Waals surface area contributed by atoms with Crippen LogP contribution in [0.5, 0.6) is 11.5 Å². The fourth-order valence-corrected chi connectivity index (χ4v) is 3.89. The van der Waals surface area contributed by atoms with Gasteiger partial charge in [-0.3, -0.25) is 14.2 Å². The van der Waals surface area contributed by atoms with Gasteiger partial charge in [0.2, 0.25) is 5.91 Å². The molecule has 0 radical (unpaired) electrons. The van der Waals surface area contributed by atoms with E-state index in [2.05, 4.69) is 10.1 Å². The molecule has 1 N–H and O–H groups in total. The monoisotopic (exact) mass is 493 g/mol. The van der Waals surface area contributed by atoms with Crippen LogP contribution < -0.4 is 20.5 Å². The van der Waals surface area contributed by atoms with Crippen molar-refractivity contribution in [2.75, 3.05) is 25.5 Å². The van der Waals surface area contributed by atoms with Crippen LogP contribution in [-0.2, 0) is 11.3 Å². The summed E-state index contributed by atoms with van der Waals surface area (Å²) >= 11 is 0. The van der Waals surface area contributed by atoms with Crippen molar-refractivity contribution in [3.8, 4) is 11.5 Å². The maximum absolute atomic E-state index is 12.8. The second-order valence-corrected chi connectivity index (χ2v) is 7.94. The number of hydrogen-bond donors (Lipinski definition) is 1. The summed E-state index contributed by atoms with van der Waals surface area (Å²) in [7, 11) is 1.30. The normalized spacial score (nSPS) is 14.1.